The number of H-pyrrole nitrogens is 1. The van der Waals surface area contributed by atoms with Crippen LogP contribution >= 0.6 is 11.6 Å². The second-order valence-corrected chi connectivity index (χ2v) is 9.44. The SMILES string of the molecule is O=C(O)C(Cc1c[nH]c2ccc(O)cc12)NS(=O)(=O)c1ccc(-c2ccc(Cl)cc2)cc1. The van der Waals surface area contributed by atoms with E-state index in [2.05, 4.69) is 9.71 Å². The number of carboxylic acids is 1. The summed E-state index contributed by atoms with van der Waals surface area (Å²) < 4.78 is 28.0. The van der Waals surface area contributed by atoms with Gasteiger partial charge in [-0.05, 0) is 59.2 Å². The van der Waals surface area contributed by atoms with Crippen LogP contribution < -0.4 is 4.72 Å². The number of hydrogen-bond acceptors (Lipinski definition) is 4. The van der Waals surface area contributed by atoms with Gasteiger partial charge in [0.05, 0.1) is 4.90 Å². The van der Waals surface area contributed by atoms with Gasteiger partial charge in [-0.25, -0.2) is 8.42 Å². The van der Waals surface area contributed by atoms with E-state index < -0.39 is 22.0 Å². The molecule has 0 saturated carbocycles. The van der Waals surface area contributed by atoms with E-state index in [0.717, 1.165) is 11.1 Å². The molecule has 0 amide bonds. The zero-order valence-electron chi connectivity index (χ0n) is 16.6. The number of rotatable bonds is 7. The number of aromatic hydroxyl groups is 1. The largest absolute Gasteiger partial charge is 0.508 e. The van der Waals surface area contributed by atoms with Crippen molar-refractivity contribution in [3.63, 3.8) is 0 Å². The summed E-state index contributed by atoms with van der Waals surface area (Å²) >= 11 is 5.90. The van der Waals surface area contributed by atoms with E-state index in [1.54, 1.807) is 36.5 Å². The molecule has 1 heterocycles. The van der Waals surface area contributed by atoms with Gasteiger partial charge in [0.1, 0.15) is 11.8 Å². The van der Waals surface area contributed by atoms with Crippen molar-refractivity contribution in [3.8, 4) is 16.9 Å². The second-order valence-electron chi connectivity index (χ2n) is 7.29. The maximum absolute atomic E-state index is 12.8. The molecule has 3 aromatic carbocycles. The first kappa shape index (κ1) is 21.9. The molecule has 4 aromatic rings. The summed E-state index contributed by atoms with van der Waals surface area (Å²) in [7, 11) is -4.09. The minimum Gasteiger partial charge on any atom is -0.508 e. The highest BCUT2D eigenvalue weighted by Crippen LogP contribution is 2.25. The molecular weight excluding hydrogens is 452 g/mol. The van der Waals surface area contributed by atoms with Gasteiger partial charge < -0.3 is 15.2 Å². The molecule has 0 radical (unpaired) electrons. The van der Waals surface area contributed by atoms with Gasteiger partial charge in [0.25, 0.3) is 0 Å². The fraction of sp³-hybridized carbons (Fsp3) is 0.0870. The number of sulfonamides is 1. The van der Waals surface area contributed by atoms with Crippen LogP contribution in [0.5, 0.6) is 5.75 Å². The fourth-order valence-corrected chi connectivity index (χ4v) is 4.77. The molecule has 0 saturated heterocycles. The van der Waals surface area contributed by atoms with Gasteiger partial charge in [0.2, 0.25) is 10.0 Å². The third kappa shape index (κ3) is 4.62. The molecule has 1 unspecified atom stereocenters. The fourth-order valence-electron chi connectivity index (χ4n) is 3.46. The van der Waals surface area contributed by atoms with Crippen molar-refractivity contribution in [1.82, 2.24) is 9.71 Å². The van der Waals surface area contributed by atoms with E-state index in [0.29, 0.717) is 21.5 Å². The summed E-state index contributed by atoms with van der Waals surface area (Å²) in [5.41, 5.74) is 2.96. The maximum atomic E-state index is 12.8. The number of aromatic nitrogens is 1. The Bertz CT molecular complexity index is 1380. The van der Waals surface area contributed by atoms with Gasteiger partial charge in [-0.1, -0.05) is 35.9 Å². The van der Waals surface area contributed by atoms with Crippen molar-refractivity contribution in [2.75, 3.05) is 0 Å². The highest BCUT2D eigenvalue weighted by Gasteiger charge is 2.26. The van der Waals surface area contributed by atoms with Crippen LogP contribution in [-0.4, -0.2) is 35.6 Å². The predicted molar refractivity (Wildman–Crippen MR) is 122 cm³/mol. The molecule has 164 valence electrons. The molecule has 0 fully saturated rings. The highest BCUT2D eigenvalue weighted by molar-refractivity contribution is 7.89. The Hall–Kier alpha value is -3.33. The van der Waals surface area contributed by atoms with Gasteiger partial charge in [0.15, 0.2) is 0 Å². The quantitative estimate of drug-likeness (QED) is 0.323. The van der Waals surface area contributed by atoms with Crippen LogP contribution in [0.15, 0.2) is 77.8 Å². The van der Waals surface area contributed by atoms with E-state index >= 15 is 0 Å². The van der Waals surface area contributed by atoms with Crippen molar-refractivity contribution >= 4 is 38.5 Å². The number of phenolic OH excluding ortho intramolecular Hbond substituents is 1. The number of aromatic amines is 1. The molecular formula is C23H19ClN2O5S. The molecule has 1 aromatic heterocycles. The molecule has 4 N–H and O–H groups in total. The zero-order chi connectivity index (χ0) is 22.9. The Balaban J connectivity index is 1.56. The molecule has 4 rings (SSSR count). The van der Waals surface area contributed by atoms with Gasteiger partial charge in [-0.2, -0.15) is 4.72 Å². The highest BCUT2D eigenvalue weighted by atomic mass is 35.5. The van der Waals surface area contributed by atoms with Crippen molar-refractivity contribution in [2.45, 2.75) is 17.4 Å². The van der Waals surface area contributed by atoms with Crippen LogP contribution in [0.4, 0.5) is 0 Å². The lowest BCUT2D eigenvalue weighted by Gasteiger charge is -2.15. The molecule has 7 nitrogen and oxygen atoms in total. The third-order valence-electron chi connectivity index (χ3n) is 5.11. The third-order valence-corrected chi connectivity index (χ3v) is 6.85. The van der Waals surface area contributed by atoms with Gasteiger partial charge in [-0.15, -0.1) is 0 Å². The minimum absolute atomic E-state index is 0.0339. The number of carbonyl (C=O) groups is 1. The number of aliphatic carboxylic acids is 1. The van der Waals surface area contributed by atoms with Gasteiger partial charge in [-0.3, -0.25) is 4.79 Å². The zero-order valence-corrected chi connectivity index (χ0v) is 18.2. The van der Waals surface area contributed by atoms with E-state index in [4.69, 9.17) is 11.6 Å². The molecule has 0 spiro atoms. The minimum atomic E-state index is -4.09. The molecule has 32 heavy (non-hydrogen) atoms. The average molecular weight is 471 g/mol. The van der Waals surface area contributed by atoms with Gasteiger partial charge >= 0.3 is 5.97 Å². The molecule has 0 aliphatic rings. The number of benzene rings is 3. The topological polar surface area (TPSA) is 119 Å². The molecule has 0 bridgehead atoms. The number of fused-ring (bicyclic) bond motifs is 1. The summed E-state index contributed by atoms with van der Waals surface area (Å²) in [5.74, 6) is -1.27. The van der Waals surface area contributed by atoms with E-state index in [1.807, 2.05) is 12.1 Å². The van der Waals surface area contributed by atoms with Crippen LogP contribution in [-0.2, 0) is 21.2 Å². The molecule has 9 heteroatoms. The summed E-state index contributed by atoms with van der Waals surface area (Å²) in [5, 5.41) is 20.6. The molecule has 0 aliphatic heterocycles. The van der Waals surface area contributed by atoms with Gasteiger partial charge in [0, 0.05) is 28.5 Å². The Morgan fingerprint density at radius 2 is 1.62 bits per heavy atom. The van der Waals surface area contributed by atoms with Crippen LogP contribution in [0.3, 0.4) is 0 Å². The molecule has 1 atom stereocenters. The first-order valence-corrected chi connectivity index (χ1v) is 11.5. The first-order valence-electron chi connectivity index (χ1n) is 9.63. The normalized spacial score (nSPS) is 12.7. The summed E-state index contributed by atoms with van der Waals surface area (Å²) in [6.07, 6.45) is 1.51. The Labute approximate surface area is 189 Å². The number of phenols is 1. The maximum Gasteiger partial charge on any atom is 0.322 e. The summed E-state index contributed by atoms with van der Waals surface area (Å²) in [6, 6.07) is 16.6. The summed E-state index contributed by atoms with van der Waals surface area (Å²) in [6.45, 7) is 0. The molecule has 0 aliphatic carbocycles. The second kappa shape index (κ2) is 8.66. The predicted octanol–water partition coefficient (Wildman–Crippen LogP) is 4.17. The lowest BCUT2D eigenvalue weighted by atomic mass is 10.1. The van der Waals surface area contributed by atoms with Crippen LogP contribution in [0.2, 0.25) is 5.02 Å². The van der Waals surface area contributed by atoms with Crippen LogP contribution in [0, 0.1) is 0 Å². The Kier molecular flexibility index (Phi) is 5.92. The Morgan fingerprint density at radius 1 is 1.00 bits per heavy atom. The van der Waals surface area contributed by atoms with E-state index in [9.17, 15) is 23.4 Å². The van der Waals surface area contributed by atoms with Crippen molar-refractivity contribution in [1.29, 1.82) is 0 Å². The first-order chi connectivity index (χ1) is 15.2. The monoisotopic (exact) mass is 470 g/mol. The van der Waals surface area contributed by atoms with E-state index in [-0.39, 0.29) is 17.1 Å². The Morgan fingerprint density at radius 3 is 2.25 bits per heavy atom. The number of nitrogens with one attached hydrogen (secondary N) is 2. The number of carboxylic acid groups (broad SMARTS) is 1. The average Bonchev–Trinajstić information content (AvgIpc) is 3.15. The standard InChI is InChI=1S/C23H19ClN2O5S/c24-17-5-1-14(2-6-17)15-3-8-19(9-4-15)32(30,31)26-22(23(28)29)11-16-13-25-21-10-7-18(27)12-20(16)21/h1-10,12-13,22,25-27H,11H2,(H,28,29). The lowest BCUT2D eigenvalue weighted by molar-refractivity contribution is -0.138. The van der Waals surface area contributed by atoms with E-state index in [1.165, 1.54) is 24.3 Å². The smallest absolute Gasteiger partial charge is 0.322 e. The number of halogens is 1. The summed E-state index contributed by atoms with van der Waals surface area (Å²) in [4.78, 5) is 14.8. The number of hydrogen-bond donors (Lipinski definition) is 4. The van der Waals surface area contributed by atoms with Crippen LogP contribution in [0.25, 0.3) is 22.0 Å². The van der Waals surface area contributed by atoms with Crippen molar-refractivity contribution in [2.24, 2.45) is 0 Å². The van der Waals surface area contributed by atoms with Crippen LogP contribution in [0.1, 0.15) is 5.56 Å². The van der Waals surface area contributed by atoms with Crippen molar-refractivity contribution in [3.05, 3.63) is 83.5 Å². The van der Waals surface area contributed by atoms with Crippen molar-refractivity contribution < 1.29 is 23.4 Å². The lowest BCUT2D eigenvalue weighted by Crippen LogP contribution is -2.42.